The van der Waals surface area contributed by atoms with Crippen LogP contribution in [0.3, 0.4) is 0 Å². The van der Waals surface area contributed by atoms with Gasteiger partial charge in [-0.25, -0.2) is 0 Å². The van der Waals surface area contributed by atoms with Gasteiger partial charge in [0.1, 0.15) is 0 Å². The molecule has 0 radical (unpaired) electrons. The van der Waals surface area contributed by atoms with Crippen LogP contribution in [0.2, 0.25) is 0 Å². The van der Waals surface area contributed by atoms with Crippen LogP contribution in [-0.4, -0.2) is 38.0 Å². The monoisotopic (exact) mass is 213 g/mol. The molecule has 0 aromatic heterocycles. The number of rotatable bonds is 4. The van der Waals surface area contributed by atoms with Crippen molar-refractivity contribution in [1.82, 2.24) is 5.32 Å². The highest BCUT2D eigenvalue weighted by molar-refractivity contribution is 4.96. The fourth-order valence-corrected chi connectivity index (χ4v) is 2.54. The van der Waals surface area contributed by atoms with E-state index in [9.17, 15) is 0 Å². The molecule has 3 heteroatoms. The third kappa shape index (κ3) is 2.71. The van der Waals surface area contributed by atoms with E-state index in [1.807, 2.05) is 0 Å². The van der Waals surface area contributed by atoms with Gasteiger partial charge < -0.3 is 14.8 Å². The Labute approximate surface area is 92.5 Å². The minimum absolute atomic E-state index is 0.256. The fourth-order valence-electron chi connectivity index (χ4n) is 2.54. The molecule has 88 valence electrons. The molecule has 1 N–H and O–H groups in total. The van der Waals surface area contributed by atoms with Crippen molar-refractivity contribution in [1.29, 1.82) is 0 Å². The minimum Gasteiger partial charge on any atom is -0.380 e. The number of hydrogen-bond acceptors (Lipinski definition) is 3. The predicted octanol–water partition coefficient (Wildman–Crippen LogP) is 1.71. The maximum Gasteiger partial charge on any atom is 0.0697 e. The highest BCUT2D eigenvalue weighted by atomic mass is 16.5. The summed E-state index contributed by atoms with van der Waals surface area (Å²) >= 11 is 0. The van der Waals surface area contributed by atoms with Gasteiger partial charge in [-0.05, 0) is 39.0 Å². The van der Waals surface area contributed by atoms with Crippen LogP contribution in [0.1, 0.15) is 39.0 Å². The molecule has 1 aliphatic heterocycles. The van der Waals surface area contributed by atoms with E-state index < -0.39 is 0 Å². The molecule has 1 heterocycles. The first-order valence-corrected chi connectivity index (χ1v) is 6.14. The van der Waals surface area contributed by atoms with Crippen LogP contribution in [0.5, 0.6) is 0 Å². The Morgan fingerprint density at radius 1 is 1.53 bits per heavy atom. The lowest BCUT2D eigenvalue weighted by molar-refractivity contribution is -0.136. The van der Waals surface area contributed by atoms with Crippen LogP contribution in [0.15, 0.2) is 0 Å². The van der Waals surface area contributed by atoms with Crippen molar-refractivity contribution in [3.63, 3.8) is 0 Å². The first-order chi connectivity index (χ1) is 7.24. The normalized spacial score (nSPS) is 31.2. The predicted molar refractivity (Wildman–Crippen MR) is 60.0 cm³/mol. The van der Waals surface area contributed by atoms with Crippen molar-refractivity contribution in [2.75, 3.05) is 20.3 Å². The fraction of sp³-hybridized carbons (Fsp3) is 1.00. The zero-order chi connectivity index (χ0) is 10.7. The first-order valence-electron chi connectivity index (χ1n) is 6.14. The van der Waals surface area contributed by atoms with Gasteiger partial charge in [0.25, 0.3) is 0 Å². The summed E-state index contributed by atoms with van der Waals surface area (Å²) in [5.74, 6) is 0. The van der Waals surface area contributed by atoms with Gasteiger partial charge in [-0.1, -0.05) is 0 Å². The standard InChI is InChI=1S/C12H23NO2/c1-10(14-2)9-13-11-4-7-15-12(8-11)5-3-6-12/h10-11,13H,3-9H2,1-2H3. The number of hydrogen-bond donors (Lipinski definition) is 1. The summed E-state index contributed by atoms with van der Waals surface area (Å²) in [6.45, 7) is 3.99. The van der Waals surface area contributed by atoms with Crippen LogP contribution < -0.4 is 5.32 Å². The molecule has 1 saturated heterocycles. The average Bonchev–Trinajstić information content (AvgIpc) is 2.24. The Kier molecular flexibility index (Phi) is 3.65. The summed E-state index contributed by atoms with van der Waals surface area (Å²) in [6, 6.07) is 0.636. The van der Waals surface area contributed by atoms with Gasteiger partial charge >= 0.3 is 0 Å². The molecule has 15 heavy (non-hydrogen) atoms. The smallest absolute Gasteiger partial charge is 0.0697 e. The molecule has 0 bridgehead atoms. The molecular weight excluding hydrogens is 190 g/mol. The molecule has 1 aliphatic carbocycles. The van der Waals surface area contributed by atoms with Crippen LogP contribution in [0.25, 0.3) is 0 Å². The van der Waals surface area contributed by atoms with Crippen molar-refractivity contribution in [3.8, 4) is 0 Å². The number of methoxy groups -OCH3 is 1. The third-order valence-corrected chi connectivity index (χ3v) is 3.85. The van der Waals surface area contributed by atoms with Crippen LogP contribution in [-0.2, 0) is 9.47 Å². The minimum atomic E-state index is 0.256. The number of ether oxygens (including phenoxy) is 2. The number of nitrogens with one attached hydrogen (secondary N) is 1. The second-order valence-corrected chi connectivity index (χ2v) is 5.03. The van der Waals surface area contributed by atoms with Crippen molar-refractivity contribution in [3.05, 3.63) is 0 Å². The molecule has 1 saturated carbocycles. The van der Waals surface area contributed by atoms with E-state index >= 15 is 0 Å². The molecule has 0 amide bonds. The quantitative estimate of drug-likeness (QED) is 0.771. The van der Waals surface area contributed by atoms with E-state index in [0.29, 0.717) is 12.1 Å². The van der Waals surface area contributed by atoms with E-state index in [1.54, 1.807) is 7.11 Å². The summed E-state index contributed by atoms with van der Waals surface area (Å²) < 4.78 is 11.1. The molecule has 2 atom stereocenters. The van der Waals surface area contributed by atoms with Crippen molar-refractivity contribution < 1.29 is 9.47 Å². The van der Waals surface area contributed by atoms with Gasteiger partial charge in [-0.2, -0.15) is 0 Å². The second kappa shape index (κ2) is 4.81. The third-order valence-electron chi connectivity index (χ3n) is 3.85. The molecule has 2 aliphatic rings. The van der Waals surface area contributed by atoms with Crippen LogP contribution >= 0.6 is 0 Å². The van der Waals surface area contributed by atoms with Crippen molar-refractivity contribution in [2.24, 2.45) is 0 Å². The Hall–Kier alpha value is -0.120. The average molecular weight is 213 g/mol. The molecule has 1 spiro atoms. The molecule has 2 fully saturated rings. The summed E-state index contributed by atoms with van der Waals surface area (Å²) in [6.07, 6.45) is 6.55. The van der Waals surface area contributed by atoms with Gasteiger partial charge in [0.15, 0.2) is 0 Å². The van der Waals surface area contributed by atoms with Crippen LogP contribution in [0.4, 0.5) is 0 Å². The van der Waals surface area contributed by atoms with Crippen molar-refractivity contribution >= 4 is 0 Å². The SMILES string of the molecule is COC(C)CNC1CCOC2(CCC2)C1. The van der Waals surface area contributed by atoms with Crippen molar-refractivity contribution in [2.45, 2.75) is 56.8 Å². The van der Waals surface area contributed by atoms with E-state index in [1.165, 1.54) is 25.7 Å². The summed E-state index contributed by atoms with van der Waals surface area (Å²) in [4.78, 5) is 0. The summed E-state index contributed by atoms with van der Waals surface area (Å²) in [5.41, 5.74) is 0.256. The highest BCUT2D eigenvalue weighted by Gasteiger charge is 2.42. The maximum atomic E-state index is 5.89. The molecule has 0 aromatic rings. The zero-order valence-electron chi connectivity index (χ0n) is 9.92. The molecule has 3 nitrogen and oxygen atoms in total. The molecule has 0 aromatic carbocycles. The molecular formula is C12H23NO2. The highest BCUT2D eigenvalue weighted by Crippen LogP contribution is 2.42. The van der Waals surface area contributed by atoms with Gasteiger partial charge in [0.2, 0.25) is 0 Å². The lowest BCUT2D eigenvalue weighted by Gasteiger charge is -2.47. The Bertz CT molecular complexity index is 204. The maximum absolute atomic E-state index is 5.89. The Balaban J connectivity index is 1.73. The van der Waals surface area contributed by atoms with E-state index in [0.717, 1.165) is 19.6 Å². The van der Waals surface area contributed by atoms with Crippen LogP contribution in [0, 0.1) is 0 Å². The summed E-state index contributed by atoms with van der Waals surface area (Å²) in [7, 11) is 1.77. The van der Waals surface area contributed by atoms with Gasteiger partial charge in [-0.3, -0.25) is 0 Å². The molecule has 2 unspecified atom stereocenters. The van der Waals surface area contributed by atoms with E-state index in [4.69, 9.17) is 9.47 Å². The van der Waals surface area contributed by atoms with Gasteiger partial charge in [0, 0.05) is 26.3 Å². The largest absolute Gasteiger partial charge is 0.380 e. The van der Waals surface area contributed by atoms with Gasteiger partial charge in [0.05, 0.1) is 11.7 Å². The summed E-state index contributed by atoms with van der Waals surface area (Å²) in [5, 5.41) is 3.59. The molecule has 2 rings (SSSR count). The Morgan fingerprint density at radius 3 is 2.93 bits per heavy atom. The van der Waals surface area contributed by atoms with Gasteiger partial charge in [-0.15, -0.1) is 0 Å². The Morgan fingerprint density at radius 2 is 2.33 bits per heavy atom. The second-order valence-electron chi connectivity index (χ2n) is 5.03. The first kappa shape index (κ1) is 11.4. The topological polar surface area (TPSA) is 30.5 Å². The van der Waals surface area contributed by atoms with E-state index in [-0.39, 0.29) is 5.60 Å². The lowest BCUT2D eigenvalue weighted by Crippen LogP contribution is -2.51. The van der Waals surface area contributed by atoms with E-state index in [2.05, 4.69) is 12.2 Å². The lowest BCUT2D eigenvalue weighted by atomic mass is 9.74. The zero-order valence-corrected chi connectivity index (χ0v) is 9.92.